The number of benzene rings is 5. The number of amides is 2. The first kappa shape index (κ1) is 21.6. The van der Waals surface area contributed by atoms with Crippen molar-refractivity contribution in [2.24, 2.45) is 0 Å². The summed E-state index contributed by atoms with van der Waals surface area (Å²) in [4.78, 5) is 31.0. The Bertz CT molecular complexity index is 1700. The highest BCUT2D eigenvalue weighted by Gasteiger charge is 2.38. The van der Waals surface area contributed by atoms with Gasteiger partial charge in [0.25, 0.3) is 11.8 Å². The molecule has 7 rings (SSSR count). The standard InChI is InChI=1S/C33H24N2O2/c1-33(2)26-15-6-8-17-28(26)34(29-18-9-7-16-27(29)33)23-19-21-11-10-14-24-30(21)25(20-23)32(37)35(31(24)36)22-12-4-3-5-13-22/h3-20H,1-2H3. The lowest BCUT2D eigenvalue weighted by molar-refractivity contribution is 0.0893. The zero-order valence-corrected chi connectivity index (χ0v) is 20.6. The van der Waals surface area contributed by atoms with Crippen molar-refractivity contribution >= 4 is 45.3 Å². The number of anilines is 4. The van der Waals surface area contributed by atoms with Crippen LogP contribution in [-0.2, 0) is 5.41 Å². The van der Waals surface area contributed by atoms with E-state index in [1.807, 2.05) is 42.5 Å². The molecule has 0 fully saturated rings. The lowest BCUT2D eigenvalue weighted by atomic mass is 9.73. The van der Waals surface area contributed by atoms with Crippen LogP contribution in [0.3, 0.4) is 0 Å². The molecule has 2 aliphatic heterocycles. The van der Waals surface area contributed by atoms with Crippen molar-refractivity contribution in [2.75, 3.05) is 9.80 Å². The Balaban J connectivity index is 1.50. The molecule has 0 aliphatic carbocycles. The molecule has 178 valence electrons. The summed E-state index contributed by atoms with van der Waals surface area (Å²) >= 11 is 0. The van der Waals surface area contributed by atoms with Gasteiger partial charge in [-0.2, -0.15) is 0 Å². The van der Waals surface area contributed by atoms with E-state index < -0.39 is 0 Å². The molecule has 5 aromatic carbocycles. The number of carbonyl (C=O) groups is 2. The third-order valence-electron chi connectivity index (χ3n) is 7.74. The maximum absolute atomic E-state index is 13.9. The molecule has 2 aliphatic rings. The van der Waals surface area contributed by atoms with Crippen LogP contribution in [0.15, 0.2) is 109 Å². The molecule has 0 N–H and O–H groups in total. The van der Waals surface area contributed by atoms with Crippen molar-refractivity contribution < 1.29 is 9.59 Å². The molecule has 0 atom stereocenters. The Kier molecular flexibility index (Phi) is 4.46. The molecular weight excluding hydrogens is 456 g/mol. The third-order valence-corrected chi connectivity index (χ3v) is 7.74. The van der Waals surface area contributed by atoms with Gasteiger partial charge in [-0.05, 0) is 59.0 Å². The highest BCUT2D eigenvalue weighted by Crippen LogP contribution is 2.52. The fourth-order valence-corrected chi connectivity index (χ4v) is 5.98. The molecule has 0 saturated heterocycles. The van der Waals surface area contributed by atoms with E-state index in [-0.39, 0.29) is 17.2 Å². The fourth-order valence-electron chi connectivity index (χ4n) is 5.98. The summed E-state index contributed by atoms with van der Waals surface area (Å²) in [5, 5.41) is 1.59. The van der Waals surface area contributed by atoms with E-state index >= 15 is 0 Å². The van der Waals surface area contributed by atoms with Gasteiger partial charge in [-0.1, -0.05) is 80.6 Å². The Morgan fingerprint density at radius 1 is 0.541 bits per heavy atom. The Hall–Kier alpha value is -4.70. The first-order valence-electron chi connectivity index (χ1n) is 12.5. The van der Waals surface area contributed by atoms with Crippen LogP contribution >= 0.6 is 0 Å². The van der Waals surface area contributed by atoms with Gasteiger partial charge in [0, 0.05) is 22.1 Å². The van der Waals surface area contributed by atoms with Crippen molar-refractivity contribution in [3.8, 4) is 0 Å². The molecule has 2 heterocycles. The minimum atomic E-state index is -0.305. The Morgan fingerprint density at radius 2 is 1.14 bits per heavy atom. The number of para-hydroxylation sites is 3. The first-order valence-corrected chi connectivity index (χ1v) is 12.5. The van der Waals surface area contributed by atoms with E-state index in [1.54, 1.807) is 12.1 Å². The second-order valence-corrected chi connectivity index (χ2v) is 10.2. The zero-order chi connectivity index (χ0) is 25.3. The van der Waals surface area contributed by atoms with Gasteiger partial charge in [0.1, 0.15) is 0 Å². The van der Waals surface area contributed by atoms with E-state index in [4.69, 9.17) is 0 Å². The maximum Gasteiger partial charge on any atom is 0.266 e. The van der Waals surface area contributed by atoms with Gasteiger partial charge in [-0.3, -0.25) is 9.59 Å². The molecule has 2 amide bonds. The first-order chi connectivity index (χ1) is 18.0. The van der Waals surface area contributed by atoms with Crippen LogP contribution < -0.4 is 9.80 Å². The van der Waals surface area contributed by atoms with Crippen molar-refractivity contribution in [2.45, 2.75) is 19.3 Å². The van der Waals surface area contributed by atoms with Gasteiger partial charge in [0.2, 0.25) is 0 Å². The molecule has 4 nitrogen and oxygen atoms in total. The van der Waals surface area contributed by atoms with Crippen LogP contribution in [0.2, 0.25) is 0 Å². The van der Waals surface area contributed by atoms with Crippen LogP contribution in [0.4, 0.5) is 22.7 Å². The highest BCUT2D eigenvalue weighted by atomic mass is 16.2. The highest BCUT2D eigenvalue weighted by molar-refractivity contribution is 6.36. The molecule has 37 heavy (non-hydrogen) atoms. The normalized spacial score (nSPS) is 15.5. The number of nitrogens with zero attached hydrogens (tertiary/aromatic N) is 2. The SMILES string of the molecule is CC1(C)c2ccccc2N(c2cc3c4c(cccc4c2)C(=O)N(c2ccccc2)C3=O)c2ccccc21. The monoisotopic (exact) mass is 480 g/mol. The van der Waals surface area contributed by atoms with E-state index in [0.29, 0.717) is 22.2 Å². The molecule has 0 radical (unpaired) electrons. The van der Waals surface area contributed by atoms with Crippen LogP contribution in [0, 0.1) is 0 Å². The van der Waals surface area contributed by atoms with Crippen LogP contribution in [0.1, 0.15) is 45.7 Å². The van der Waals surface area contributed by atoms with Gasteiger partial charge in [0.05, 0.1) is 22.6 Å². The van der Waals surface area contributed by atoms with Crippen LogP contribution in [0.25, 0.3) is 10.8 Å². The van der Waals surface area contributed by atoms with Gasteiger partial charge < -0.3 is 4.90 Å². The summed E-state index contributed by atoms with van der Waals surface area (Å²) in [5.41, 5.74) is 7.00. The van der Waals surface area contributed by atoms with E-state index in [0.717, 1.165) is 22.4 Å². The Labute approximate surface area is 215 Å². The largest absolute Gasteiger partial charge is 0.310 e. The summed E-state index contributed by atoms with van der Waals surface area (Å²) in [6.07, 6.45) is 0. The minimum Gasteiger partial charge on any atom is -0.310 e. The molecule has 0 spiro atoms. The lowest BCUT2D eigenvalue weighted by Crippen LogP contribution is -2.40. The Morgan fingerprint density at radius 3 is 1.81 bits per heavy atom. The molecule has 4 heteroatoms. The molecule has 0 aromatic heterocycles. The third kappa shape index (κ3) is 2.96. The maximum atomic E-state index is 13.9. The topological polar surface area (TPSA) is 40.6 Å². The summed E-state index contributed by atoms with van der Waals surface area (Å²) < 4.78 is 0. The molecule has 0 bridgehead atoms. The average molecular weight is 481 g/mol. The number of hydrogen-bond donors (Lipinski definition) is 0. The summed E-state index contributed by atoms with van der Waals surface area (Å²) in [6.45, 7) is 4.51. The van der Waals surface area contributed by atoms with Gasteiger partial charge in [-0.25, -0.2) is 4.90 Å². The lowest BCUT2D eigenvalue weighted by Gasteiger charge is -2.42. The second-order valence-electron chi connectivity index (χ2n) is 10.2. The molecule has 5 aromatic rings. The van der Waals surface area contributed by atoms with Crippen molar-refractivity contribution in [1.82, 2.24) is 0 Å². The summed E-state index contributed by atoms with van der Waals surface area (Å²) in [7, 11) is 0. The van der Waals surface area contributed by atoms with E-state index in [9.17, 15) is 9.59 Å². The number of rotatable bonds is 2. The average Bonchev–Trinajstić information content (AvgIpc) is 2.92. The van der Waals surface area contributed by atoms with Crippen molar-refractivity contribution in [1.29, 1.82) is 0 Å². The van der Waals surface area contributed by atoms with Gasteiger partial charge in [-0.15, -0.1) is 0 Å². The number of imide groups is 1. The molecule has 0 unspecified atom stereocenters. The number of hydrogen-bond acceptors (Lipinski definition) is 3. The van der Waals surface area contributed by atoms with E-state index in [2.05, 4.69) is 73.3 Å². The van der Waals surface area contributed by atoms with E-state index in [1.165, 1.54) is 16.0 Å². The van der Waals surface area contributed by atoms with Crippen molar-refractivity contribution in [3.63, 3.8) is 0 Å². The second kappa shape index (κ2) is 7.65. The predicted molar refractivity (Wildman–Crippen MR) is 148 cm³/mol. The smallest absolute Gasteiger partial charge is 0.266 e. The van der Waals surface area contributed by atoms with Crippen molar-refractivity contribution in [3.05, 3.63) is 131 Å². The minimum absolute atomic E-state index is 0.172. The zero-order valence-electron chi connectivity index (χ0n) is 20.6. The molecular formula is C33H24N2O2. The summed E-state index contributed by atoms with van der Waals surface area (Å²) in [6, 6.07) is 35.8. The number of fused-ring (bicyclic) bond motifs is 2. The van der Waals surface area contributed by atoms with Crippen LogP contribution in [0.5, 0.6) is 0 Å². The molecule has 0 saturated carbocycles. The fraction of sp³-hybridized carbons (Fsp3) is 0.0909. The number of carbonyl (C=O) groups excluding carboxylic acids is 2. The quantitative estimate of drug-likeness (QED) is 0.243. The summed E-state index contributed by atoms with van der Waals surface area (Å²) in [5.74, 6) is -0.599. The predicted octanol–water partition coefficient (Wildman–Crippen LogP) is 7.75. The van der Waals surface area contributed by atoms with Gasteiger partial charge >= 0.3 is 0 Å². The van der Waals surface area contributed by atoms with Gasteiger partial charge in [0.15, 0.2) is 0 Å². The van der Waals surface area contributed by atoms with Crippen LogP contribution in [-0.4, -0.2) is 11.8 Å².